The van der Waals surface area contributed by atoms with Crippen molar-refractivity contribution in [3.63, 3.8) is 0 Å². The van der Waals surface area contributed by atoms with Crippen molar-refractivity contribution in [1.82, 2.24) is 10.6 Å². The molecule has 5 nitrogen and oxygen atoms in total. The third-order valence-corrected chi connectivity index (χ3v) is 8.46. The number of rotatable bonds is 7. The summed E-state index contributed by atoms with van der Waals surface area (Å²) in [5.41, 5.74) is -0.526. The van der Waals surface area contributed by atoms with Crippen LogP contribution in [0.25, 0.3) is 0 Å². The van der Waals surface area contributed by atoms with Crippen LogP contribution in [-0.2, 0) is 9.59 Å². The molecule has 3 saturated carbocycles. The Kier molecular flexibility index (Phi) is 6.33. The number of carbonyl (C=O) groups excluding carboxylic acids is 2. The summed E-state index contributed by atoms with van der Waals surface area (Å²) in [5.74, 6) is -2.68. The topological polar surface area (TPSA) is 78.4 Å². The van der Waals surface area contributed by atoms with E-state index in [1.807, 2.05) is 13.0 Å². The van der Waals surface area contributed by atoms with Crippen LogP contribution in [0.2, 0.25) is 5.02 Å². The van der Waals surface area contributed by atoms with E-state index >= 15 is 4.39 Å². The monoisotopic (exact) mass is 480 g/mol. The first kappa shape index (κ1) is 24.1. The molecule has 7 atom stereocenters. The minimum atomic E-state index is -0.810. The van der Waals surface area contributed by atoms with Crippen LogP contribution in [0.3, 0.4) is 0 Å². The number of carbonyl (C=O) groups is 2. The predicted octanol–water partition coefficient (Wildman–Crippen LogP) is 4.09. The number of hydrogen-bond donors (Lipinski definition) is 3. The summed E-state index contributed by atoms with van der Waals surface area (Å²) in [7, 11) is 0. The summed E-state index contributed by atoms with van der Waals surface area (Å²) in [5, 5.41) is 15.6. The molecule has 2 amide bonds. The van der Waals surface area contributed by atoms with E-state index in [1.54, 1.807) is 0 Å². The van der Waals surface area contributed by atoms with Gasteiger partial charge < -0.3 is 15.7 Å². The summed E-state index contributed by atoms with van der Waals surface area (Å²) in [6.07, 6.45) is 4.26. The van der Waals surface area contributed by atoms with Gasteiger partial charge in [0.05, 0.1) is 17.2 Å². The molecule has 3 N–H and O–H groups in total. The standard InChI is InChI=1S/C25H31ClF2N2O3/c1-4-25-10-15(25)9-24(3,12-25)16(21-18(27)6-5-17(26)22(21)28)11-29-23(33)14-7-19(20(32)8-14)30-13(2)31/h4-6,14-16,19-20,32H,1,7-12H2,2-3H3,(H,29,33)(H,30,31)/t14-,15+,16-,19-,20+,24+,25+/m1/s1. The van der Waals surface area contributed by atoms with Crippen molar-refractivity contribution in [2.75, 3.05) is 6.54 Å². The molecule has 4 rings (SSSR count). The molecule has 3 fully saturated rings. The lowest BCUT2D eigenvalue weighted by Gasteiger charge is -2.37. The van der Waals surface area contributed by atoms with E-state index in [0.717, 1.165) is 19.3 Å². The number of nitrogens with one attached hydrogen (secondary N) is 2. The molecule has 0 spiro atoms. The fourth-order valence-corrected chi connectivity index (χ4v) is 6.58. The average molecular weight is 481 g/mol. The molecular weight excluding hydrogens is 450 g/mol. The normalized spacial score (nSPS) is 35.6. The summed E-state index contributed by atoms with van der Waals surface area (Å²) < 4.78 is 30.0. The first-order valence-electron chi connectivity index (χ1n) is 11.5. The number of amides is 2. The van der Waals surface area contributed by atoms with Gasteiger partial charge in [0.2, 0.25) is 11.8 Å². The van der Waals surface area contributed by atoms with Crippen molar-refractivity contribution in [3.05, 3.63) is 47.0 Å². The molecule has 8 heteroatoms. The van der Waals surface area contributed by atoms with Crippen molar-refractivity contribution in [1.29, 1.82) is 0 Å². The number of aliphatic hydroxyl groups is 1. The van der Waals surface area contributed by atoms with E-state index < -0.39 is 41.0 Å². The fourth-order valence-electron chi connectivity index (χ4n) is 6.42. The van der Waals surface area contributed by atoms with Crippen LogP contribution in [0.4, 0.5) is 8.78 Å². The van der Waals surface area contributed by atoms with E-state index in [4.69, 9.17) is 11.6 Å². The van der Waals surface area contributed by atoms with Crippen molar-refractivity contribution < 1.29 is 23.5 Å². The van der Waals surface area contributed by atoms with Gasteiger partial charge in [-0.1, -0.05) is 24.6 Å². The SMILES string of the molecule is C=C[C@@]12C[C@@H]1C[C@](C)([C@H](CNC(=O)[C@H]1C[C@H](O)[C@H](NC(C)=O)C1)c1c(F)ccc(Cl)c1F)C2. The molecule has 0 aliphatic heterocycles. The number of hydrogen-bond acceptors (Lipinski definition) is 3. The molecule has 0 bridgehead atoms. The summed E-state index contributed by atoms with van der Waals surface area (Å²) >= 11 is 6.01. The predicted molar refractivity (Wildman–Crippen MR) is 122 cm³/mol. The number of halogens is 3. The molecule has 3 aliphatic carbocycles. The molecule has 1 aromatic rings. The quantitative estimate of drug-likeness (QED) is 0.406. The summed E-state index contributed by atoms with van der Waals surface area (Å²) in [6.45, 7) is 7.41. The van der Waals surface area contributed by atoms with Gasteiger partial charge in [-0.05, 0) is 61.0 Å². The zero-order valence-corrected chi connectivity index (χ0v) is 19.7. The van der Waals surface area contributed by atoms with Gasteiger partial charge in [0.15, 0.2) is 0 Å². The van der Waals surface area contributed by atoms with Crippen molar-refractivity contribution in [2.45, 2.75) is 64.0 Å². The highest BCUT2D eigenvalue weighted by atomic mass is 35.5. The van der Waals surface area contributed by atoms with Gasteiger partial charge >= 0.3 is 0 Å². The lowest BCUT2D eigenvalue weighted by Crippen LogP contribution is -2.40. The zero-order valence-electron chi connectivity index (χ0n) is 19.0. The average Bonchev–Trinajstić information content (AvgIpc) is 3.13. The number of aliphatic hydroxyl groups excluding tert-OH is 1. The molecule has 1 aromatic carbocycles. The van der Waals surface area contributed by atoms with Gasteiger partial charge in [0.25, 0.3) is 0 Å². The van der Waals surface area contributed by atoms with Gasteiger partial charge in [-0.2, -0.15) is 0 Å². The summed E-state index contributed by atoms with van der Waals surface area (Å²) in [6, 6.07) is 1.89. The highest BCUT2D eigenvalue weighted by Gasteiger charge is 2.64. The molecule has 180 valence electrons. The minimum absolute atomic E-state index is 0.00365. The van der Waals surface area contributed by atoms with Gasteiger partial charge in [-0.25, -0.2) is 8.78 Å². The van der Waals surface area contributed by atoms with E-state index in [2.05, 4.69) is 17.2 Å². The Morgan fingerprint density at radius 2 is 2.06 bits per heavy atom. The summed E-state index contributed by atoms with van der Waals surface area (Å²) in [4.78, 5) is 24.3. The maximum atomic E-state index is 15.1. The molecule has 0 aromatic heterocycles. The molecule has 0 radical (unpaired) electrons. The maximum absolute atomic E-state index is 15.1. The smallest absolute Gasteiger partial charge is 0.223 e. The van der Waals surface area contributed by atoms with Gasteiger partial charge in [0, 0.05) is 30.9 Å². The molecule has 0 unspecified atom stereocenters. The second-order valence-electron chi connectivity index (χ2n) is 10.5. The van der Waals surface area contributed by atoms with Crippen LogP contribution in [-0.4, -0.2) is 35.6 Å². The van der Waals surface area contributed by atoms with Crippen LogP contribution in [0.1, 0.15) is 57.4 Å². The van der Waals surface area contributed by atoms with Crippen molar-refractivity contribution in [2.24, 2.45) is 22.7 Å². The first-order valence-corrected chi connectivity index (χ1v) is 11.9. The number of benzene rings is 1. The Morgan fingerprint density at radius 3 is 2.70 bits per heavy atom. The first-order chi connectivity index (χ1) is 15.5. The van der Waals surface area contributed by atoms with Crippen LogP contribution < -0.4 is 10.6 Å². The Labute approximate surface area is 198 Å². The highest BCUT2D eigenvalue weighted by Crippen LogP contribution is 2.72. The van der Waals surface area contributed by atoms with Crippen LogP contribution >= 0.6 is 11.6 Å². The van der Waals surface area contributed by atoms with Crippen molar-refractivity contribution in [3.8, 4) is 0 Å². The van der Waals surface area contributed by atoms with Crippen LogP contribution in [0.15, 0.2) is 24.8 Å². The lowest BCUT2D eigenvalue weighted by atomic mass is 9.69. The lowest BCUT2D eigenvalue weighted by molar-refractivity contribution is -0.125. The number of fused-ring (bicyclic) bond motifs is 1. The van der Waals surface area contributed by atoms with E-state index in [1.165, 1.54) is 19.1 Å². The largest absolute Gasteiger partial charge is 0.391 e. The van der Waals surface area contributed by atoms with Crippen LogP contribution in [0.5, 0.6) is 0 Å². The Hall–Kier alpha value is -1.99. The molecular formula is C25H31ClF2N2O3. The third kappa shape index (κ3) is 4.42. The number of allylic oxidation sites excluding steroid dienone is 1. The maximum Gasteiger partial charge on any atom is 0.223 e. The van der Waals surface area contributed by atoms with Gasteiger partial charge in [-0.3, -0.25) is 9.59 Å². The zero-order chi connectivity index (χ0) is 24.1. The Balaban J connectivity index is 1.55. The Morgan fingerprint density at radius 1 is 1.33 bits per heavy atom. The molecule has 0 heterocycles. The molecule has 3 aliphatic rings. The second kappa shape index (κ2) is 8.66. The van der Waals surface area contributed by atoms with E-state index in [0.29, 0.717) is 12.3 Å². The Bertz CT molecular complexity index is 989. The second-order valence-corrected chi connectivity index (χ2v) is 10.9. The van der Waals surface area contributed by atoms with Gasteiger partial charge in [0.1, 0.15) is 11.6 Å². The third-order valence-electron chi connectivity index (χ3n) is 8.17. The van der Waals surface area contributed by atoms with E-state index in [9.17, 15) is 19.1 Å². The molecule has 0 saturated heterocycles. The van der Waals surface area contributed by atoms with E-state index in [-0.39, 0.29) is 40.8 Å². The minimum Gasteiger partial charge on any atom is -0.391 e. The molecule has 33 heavy (non-hydrogen) atoms. The highest BCUT2D eigenvalue weighted by molar-refractivity contribution is 6.30. The van der Waals surface area contributed by atoms with Gasteiger partial charge in [-0.15, -0.1) is 6.58 Å². The van der Waals surface area contributed by atoms with Crippen molar-refractivity contribution >= 4 is 23.4 Å². The fraction of sp³-hybridized carbons (Fsp3) is 0.600. The van der Waals surface area contributed by atoms with Crippen LogP contribution in [0, 0.1) is 34.3 Å².